The summed E-state index contributed by atoms with van der Waals surface area (Å²) in [5, 5.41) is 23.9. The maximum atomic E-state index is 12.8. The molecule has 0 radical (unpaired) electrons. The Labute approximate surface area is 187 Å². The minimum atomic E-state index is -1.07. The quantitative estimate of drug-likeness (QED) is 0.336. The molecule has 2 rings (SSSR count). The van der Waals surface area contributed by atoms with Crippen LogP contribution in [0.4, 0.5) is 0 Å². The molecule has 0 saturated carbocycles. The second-order valence-electron chi connectivity index (χ2n) is 8.14. The van der Waals surface area contributed by atoms with Crippen molar-refractivity contribution in [3.8, 4) is 5.75 Å². The summed E-state index contributed by atoms with van der Waals surface area (Å²) in [6.07, 6.45) is 1.78. The first-order chi connectivity index (χ1) is 15.1. The number of aliphatic carboxylic acids is 1. The number of nitrogens with two attached hydrogens (primary N) is 1. The molecule has 1 fully saturated rings. The van der Waals surface area contributed by atoms with E-state index in [0.29, 0.717) is 31.4 Å². The van der Waals surface area contributed by atoms with Crippen LogP contribution in [0.25, 0.3) is 0 Å². The molecule has 6 N–H and O–H groups in total. The topological polar surface area (TPSA) is 162 Å². The van der Waals surface area contributed by atoms with Crippen molar-refractivity contribution in [2.45, 2.75) is 57.7 Å². The Balaban J connectivity index is 2.07. The van der Waals surface area contributed by atoms with E-state index in [1.54, 1.807) is 12.1 Å². The first-order valence-electron chi connectivity index (χ1n) is 10.8. The van der Waals surface area contributed by atoms with Crippen LogP contribution in [-0.2, 0) is 25.6 Å². The zero-order valence-corrected chi connectivity index (χ0v) is 18.4. The number of aromatic hydroxyl groups is 1. The average Bonchev–Trinajstić information content (AvgIpc) is 3.27. The lowest BCUT2D eigenvalue weighted by atomic mass is 9.98. The molecule has 10 nitrogen and oxygen atoms in total. The highest BCUT2D eigenvalue weighted by atomic mass is 16.4. The summed E-state index contributed by atoms with van der Waals surface area (Å²) in [4.78, 5) is 50.4. The number of hydrogen-bond acceptors (Lipinski definition) is 6. The smallest absolute Gasteiger partial charge is 0.326 e. The summed E-state index contributed by atoms with van der Waals surface area (Å²) in [7, 11) is 0. The van der Waals surface area contributed by atoms with Gasteiger partial charge in [0.05, 0.1) is 12.6 Å². The number of carboxylic acid groups (broad SMARTS) is 1. The van der Waals surface area contributed by atoms with Crippen LogP contribution in [0.5, 0.6) is 5.75 Å². The maximum Gasteiger partial charge on any atom is 0.326 e. The highest BCUT2D eigenvalue weighted by molar-refractivity contribution is 5.93. The van der Waals surface area contributed by atoms with Gasteiger partial charge in [0.25, 0.3) is 0 Å². The van der Waals surface area contributed by atoms with E-state index in [-0.39, 0.29) is 24.6 Å². The summed E-state index contributed by atoms with van der Waals surface area (Å²) in [5.74, 6) is -2.64. The van der Waals surface area contributed by atoms with Gasteiger partial charge in [0.2, 0.25) is 17.7 Å². The van der Waals surface area contributed by atoms with E-state index < -0.39 is 41.8 Å². The number of carbonyl (C=O) groups is 4. The summed E-state index contributed by atoms with van der Waals surface area (Å²) in [5.41, 5.74) is 6.68. The summed E-state index contributed by atoms with van der Waals surface area (Å²) in [6, 6.07) is 3.52. The molecule has 32 heavy (non-hydrogen) atoms. The third kappa shape index (κ3) is 6.68. The molecule has 176 valence electrons. The van der Waals surface area contributed by atoms with Crippen LogP contribution in [-0.4, -0.2) is 70.0 Å². The monoisotopic (exact) mass is 448 g/mol. The van der Waals surface area contributed by atoms with E-state index in [9.17, 15) is 29.4 Å². The fraction of sp³-hybridized carbons (Fsp3) is 0.545. The number of benzene rings is 1. The number of phenolic OH excluding ortho intramolecular Hbond substituents is 1. The van der Waals surface area contributed by atoms with Gasteiger partial charge in [-0.3, -0.25) is 14.4 Å². The molecule has 0 bridgehead atoms. The number of rotatable bonds is 10. The molecule has 1 aromatic carbocycles. The van der Waals surface area contributed by atoms with Crippen molar-refractivity contribution in [2.24, 2.45) is 11.7 Å². The summed E-state index contributed by atoms with van der Waals surface area (Å²) in [6.45, 7) is 3.70. The second-order valence-corrected chi connectivity index (χ2v) is 8.14. The Morgan fingerprint density at radius 2 is 1.84 bits per heavy atom. The molecule has 3 amide bonds. The van der Waals surface area contributed by atoms with Gasteiger partial charge in [-0.05, 0) is 36.5 Å². The maximum absolute atomic E-state index is 12.8. The van der Waals surface area contributed by atoms with E-state index in [0.717, 1.165) is 0 Å². The molecule has 1 aromatic rings. The SMILES string of the molecule is CCC(C)C(N)C(=O)NC(Cc1ccc(O)cc1)C(=O)NCC(=O)N1CCCC1C(=O)O. The van der Waals surface area contributed by atoms with E-state index in [4.69, 9.17) is 5.73 Å². The molecule has 0 aliphatic carbocycles. The van der Waals surface area contributed by atoms with Crippen LogP contribution in [0, 0.1) is 5.92 Å². The Morgan fingerprint density at radius 3 is 2.44 bits per heavy atom. The minimum Gasteiger partial charge on any atom is -0.508 e. The number of carboxylic acids is 1. The number of hydrogen-bond donors (Lipinski definition) is 5. The average molecular weight is 449 g/mol. The van der Waals surface area contributed by atoms with Crippen LogP contribution in [0.2, 0.25) is 0 Å². The largest absolute Gasteiger partial charge is 0.508 e. The molecule has 10 heteroatoms. The van der Waals surface area contributed by atoms with E-state index in [2.05, 4.69) is 10.6 Å². The second kappa shape index (κ2) is 11.5. The fourth-order valence-corrected chi connectivity index (χ4v) is 3.57. The number of nitrogens with one attached hydrogen (secondary N) is 2. The molecule has 4 atom stereocenters. The van der Waals surface area contributed by atoms with Crippen molar-refractivity contribution in [1.29, 1.82) is 0 Å². The van der Waals surface area contributed by atoms with Crippen molar-refractivity contribution in [1.82, 2.24) is 15.5 Å². The normalized spacial score (nSPS) is 18.5. The highest BCUT2D eigenvalue weighted by Crippen LogP contribution is 2.17. The van der Waals surface area contributed by atoms with Crippen LogP contribution in [0.15, 0.2) is 24.3 Å². The van der Waals surface area contributed by atoms with Crippen molar-refractivity contribution in [2.75, 3.05) is 13.1 Å². The van der Waals surface area contributed by atoms with Crippen molar-refractivity contribution in [3.05, 3.63) is 29.8 Å². The Bertz CT molecular complexity index is 828. The van der Waals surface area contributed by atoms with Gasteiger partial charge in [-0.25, -0.2) is 4.79 Å². The predicted molar refractivity (Wildman–Crippen MR) is 117 cm³/mol. The summed E-state index contributed by atoms with van der Waals surface area (Å²) >= 11 is 0. The number of amides is 3. The van der Waals surface area contributed by atoms with Gasteiger partial charge in [-0.1, -0.05) is 32.4 Å². The van der Waals surface area contributed by atoms with Gasteiger partial charge >= 0.3 is 5.97 Å². The molecule has 1 aliphatic rings. The third-order valence-electron chi connectivity index (χ3n) is 5.84. The number of phenols is 1. The molecule has 1 saturated heterocycles. The molecular formula is C22H32N4O6. The number of nitrogens with zero attached hydrogens (tertiary/aromatic N) is 1. The van der Waals surface area contributed by atoms with Gasteiger partial charge in [-0.15, -0.1) is 0 Å². The number of carbonyl (C=O) groups excluding carboxylic acids is 3. The molecular weight excluding hydrogens is 416 g/mol. The van der Waals surface area contributed by atoms with Crippen molar-refractivity contribution in [3.63, 3.8) is 0 Å². The lowest BCUT2D eigenvalue weighted by Gasteiger charge is -2.24. The van der Waals surface area contributed by atoms with E-state index >= 15 is 0 Å². The molecule has 1 aliphatic heterocycles. The van der Waals surface area contributed by atoms with Gasteiger partial charge in [-0.2, -0.15) is 0 Å². The first kappa shape index (κ1) is 25.1. The zero-order valence-electron chi connectivity index (χ0n) is 18.4. The van der Waals surface area contributed by atoms with Gasteiger partial charge in [0.15, 0.2) is 0 Å². The van der Waals surface area contributed by atoms with Gasteiger partial charge < -0.3 is 31.5 Å². The number of likely N-dealkylation sites (tertiary alicyclic amines) is 1. The van der Waals surface area contributed by atoms with Crippen LogP contribution >= 0.6 is 0 Å². The highest BCUT2D eigenvalue weighted by Gasteiger charge is 2.34. The lowest BCUT2D eigenvalue weighted by molar-refractivity contribution is -0.148. The Hall–Kier alpha value is -3.14. The van der Waals surface area contributed by atoms with Crippen molar-refractivity contribution >= 4 is 23.7 Å². The molecule has 0 spiro atoms. The first-order valence-corrected chi connectivity index (χ1v) is 10.8. The third-order valence-corrected chi connectivity index (χ3v) is 5.84. The minimum absolute atomic E-state index is 0.0711. The standard InChI is InChI=1S/C22H32N4O6/c1-3-13(2)19(23)21(30)25-16(11-14-6-8-15(27)9-7-14)20(29)24-12-18(28)26-10-4-5-17(26)22(31)32/h6-9,13,16-17,19,27H,3-5,10-12,23H2,1-2H3,(H,24,29)(H,25,30)(H,31,32). The molecule has 1 heterocycles. The van der Waals surface area contributed by atoms with Crippen molar-refractivity contribution < 1.29 is 29.4 Å². The van der Waals surface area contributed by atoms with E-state index in [1.165, 1.54) is 17.0 Å². The Morgan fingerprint density at radius 1 is 1.19 bits per heavy atom. The predicted octanol–water partition coefficient (Wildman–Crippen LogP) is -0.0153. The molecule has 0 aromatic heterocycles. The molecule has 4 unspecified atom stereocenters. The fourth-order valence-electron chi connectivity index (χ4n) is 3.57. The zero-order chi connectivity index (χ0) is 23.8. The van der Waals surface area contributed by atoms with Crippen LogP contribution < -0.4 is 16.4 Å². The lowest BCUT2D eigenvalue weighted by Crippen LogP contribution is -2.55. The van der Waals surface area contributed by atoms with Crippen LogP contribution in [0.1, 0.15) is 38.7 Å². The Kier molecular flexibility index (Phi) is 9.01. The summed E-state index contributed by atoms with van der Waals surface area (Å²) < 4.78 is 0. The van der Waals surface area contributed by atoms with Gasteiger partial charge in [0.1, 0.15) is 17.8 Å². The van der Waals surface area contributed by atoms with E-state index in [1.807, 2.05) is 13.8 Å². The van der Waals surface area contributed by atoms with Gasteiger partial charge in [0, 0.05) is 13.0 Å². The van der Waals surface area contributed by atoms with Crippen LogP contribution in [0.3, 0.4) is 0 Å².